The van der Waals surface area contributed by atoms with E-state index in [2.05, 4.69) is 5.32 Å². The van der Waals surface area contributed by atoms with Gasteiger partial charge in [0.2, 0.25) is 0 Å². The number of aliphatic hydroxyl groups is 1. The molecule has 4 heteroatoms. The number of aliphatic hydroxyl groups excluding tert-OH is 1. The third-order valence-corrected chi connectivity index (χ3v) is 2.79. The number of phenols is 1. The minimum Gasteiger partial charge on any atom is -0.508 e. The first-order valence-electron chi connectivity index (χ1n) is 5.79. The van der Waals surface area contributed by atoms with Crippen LogP contribution in [-0.2, 0) is 0 Å². The smallest absolute Gasteiger partial charge is 0.120 e. The molecule has 2 unspecified atom stereocenters. The number of nitrogens with one attached hydrogen (secondary N) is 1. The molecule has 4 nitrogen and oxygen atoms in total. The van der Waals surface area contributed by atoms with Gasteiger partial charge < -0.3 is 20.3 Å². The van der Waals surface area contributed by atoms with Gasteiger partial charge in [0, 0.05) is 24.8 Å². The van der Waals surface area contributed by atoms with Gasteiger partial charge in [0.25, 0.3) is 0 Å². The van der Waals surface area contributed by atoms with Gasteiger partial charge in [-0.3, -0.25) is 0 Å². The van der Waals surface area contributed by atoms with Crippen molar-refractivity contribution in [3.05, 3.63) is 23.8 Å². The van der Waals surface area contributed by atoms with Crippen LogP contribution in [0, 0.1) is 5.92 Å². The highest BCUT2D eigenvalue weighted by Crippen LogP contribution is 2.28. The zero-order valence-electron chi connectivity index (χ0n) is 10.6. The number of aromatic hydroxyl groups is 1. The molecule has 1 aromatic rings. The van der Waals surface area contributed by atoms with E-state index in [1.54, 1.807) is 19.2 Å². The first-order valence-corrected chi connectivity index (χ1v) is 5.79. The summed E-state index contributed by atoms with van der Waals surface area (Å²) < 4.78 is 5.13. The van der Waals surface area contributed by atoms with Crippen molar-refractivity contribution in [3.8, 4) is 11.5 Å². The molecule has 2 atom stereocenters. The van der Waals surface area contributed by atoms with E-state index >= 15 is 0 Å². The molecule has 1 aromatic carbocycles. The van der Waals surface area contributed by atoms with E-state index in [1.807, 2.05) is 19.9 Å². The standard InChI is InChI=1S/C13H21NO3/c1-9(8-15)7-14-10(2)12-6-11(17-3)4-5-13(12)16/h4-6,9-10,14-16H,7-8H2,1-3H3. The lowest BCUT2D eigenvalue weighted by atomic mass is 10.1. The molecular weight excluding hydrogens is 218 g/mol. The highest BCUT2D eigenvalue weighted by molar-refractivity contribution is 5.41. The maximum Gasteiger partial charge on any atom is 0.120 e. The topological polar surface area (TPSA) is 61.7 Å². The van der Waals surface area contributed by atoms with Crippen molar-refractivity contribution in [3.63, 3.8) is 0 Å². The normalized spacial score (nSPS) is 14.4. The summed E-state index contributed by atoms with van der Waals surface area (Å²) in [4.78, 5) is 0. The average Bonchev–Trinajstić information content (AvgIpc) is 2.36. The van der Waals surface area contributed by atoms with Crippen LogP contribution < -0.4 is 10.1 Å². The lowest BCUT2D eigenvalue weighted by molar-refractivity contribution is 0.230. The zero-order chi connectivity index (χ0) is 12.8. The average molecular weight is 239 g/mol. The lowest BCUT2D eigenvalue weighted by Gasteiger charge is -2.18. The molecule has 3 N–H and O–H groups in total. The van der Waals surface area contributed by atoms with Gasteiger partial charge in [0.05, 0.1) is 7.11 Å². The third kappa shape index (κ3) is 3.91. The Morgan fingerprint density at radius 1 is 1.35 bits per heavy atom. The second-order valence-corrected chi connectivity index (χ2v) is 4.34. The predicted molar refractivity (Wildman–Crippen MR) is 67.3 cm³/mol. The second-order valence-electron chi connectivity index (χ2n) is 4.34. The summed E-state index contributed by atoms with van der Waals surface area (Å²) in [5.74, 6) is 1.18. The third-order valence-electron chi connectivity index (χ3n) is 2.79. The van der Waals surface area contributed by atoms with Crippen LogP contribution in [0.15, 0.2) is 18.2 Å². The molecule has 0 amide bonds. The number of phenolic OH excluding ortho intramolecular Hbond substituents is 1. The lowest BCUT2D eigenvalue weighted by Crippen LogP contribution is -2.26. The summed E-state index contributed by atoms with van der Waals surface area (Å²) in [6, 6.07) is 5.18. The van der Waals surface area contributed by atoms with Crippen molar-refractivity contribution in [2.75, 3.05) is 20.3 Å². The minimum atomic E-state index is 0.0131. The first-order chi connectivity index (χ1) is 8.08. The molecule has 1 rings (SSSR count). The van der Waals surface area contributed by atoms with Crippen molar-refractivity contribution in [1.29, 1.82) is 0 Å². The molecule has 0 radical (unpaired) electrons. The van der Waals surface area contributed by atoms with Gasteiger partial charge >= 0.3 is 0 Å². The van der Waals surface area contributed by atoms with Crippen molar-refractivity contribution < 1.29 is 14.9 Å². The van der Waals surface area contributed by atoms with Gasteiger partial charge in [0.15, 0.2) is 0 Å². The number of benzene rings is 1. The second kappa shape index (κ2) is 6.47. The van der Waals surface area contributed by atoms with E-state index in [1.165, 1.54) is 0 Å². The minimum absolute atomic E-state index is 0.0131. The Morgan fingerprint density at radius 3 is 2.65 bits per heavy atom. The van der Waals surface area contributed by atoms with Gasteiger partial charge in [-0.1, -0.05) is 6.92 Å². The first kappa shape index (κ1) is 13.8. The quantitative estimate of drug-likeness (QED) is 0.707. The number of rotatable bonds is 6. The Morgan fingerprint density at radius 2 is 2.06 bits per heavy atom. The number of hydrogen-bond acceptors (Lipinski definition) is 4. The van der Waals surface area contributed by atoms with Gasteiger partial charge in [-0.25, -0.2) is 0 Å². The molecule has 0 saturated heterocycles. The molecule has 0 spiro atoms. The summed E-state index contributed by atoms with van der Waals surface area (Å²) in [7, 11) is 1.60. The molecule has 0 bridgehead atoms. The molecule has 0 aliphatic carbocycles. The van der Waals surface area contributed by atoms with Crippen LogP contribution in [0.3, 0.4) is 0 Å². The highest BCUT2D eigenvalue weighted by atomic mass is 16.5. The Bertz CT molecular complexity index is 355. The number of ether oxygens (including phenoxy) is 1. The van der Waals surface area contributed by atoms with Gasteiger partial charge in [-0.2, -0.15) is 0 Å². The Hall–Kier alpha value is -1.26. The van der Waals surface area contributed by atoms with E-state index in [9.17, 15) is 5.11 Å². The fourth-order valence-electron chi connectivity index (χ4n) is 1.56. The van der Waals surface area contributed by atoms with Crippen molar-refractivity contribution in [2.45, 2.75) is 19.9 Å². The van der Waals surface area contributed by atoms with Crippen molar-refractivity contribution in [2.24, 2.45) is 5.92 Å². The number of hydrogen-bond donors (Lipinski definition) is 3. The van der Waals surface area contributed by atoms with Crippen LogP contribution in [0.1, 0.15) is 25.5 Å². The van der Waals surface area contributed by atoms with Gasteiger partial charge in [-0.05, 0) is 31.0 Å². The molecule has 17 heavy (non-hydrogen) atoms. The van der Waals surface area contributed by atoms with E-state index < -0.39 is 0 Å². The number of methoxy groups -OCH3 is 1. The fraction of sp³-hybridized carbons (Fsp3) is 0.538. The van der Waals surface area contributed by atoms with Crippen molar-refractivity contribution >= 4 is 0 Å². The fourth-order valence-corrected chi connectivity index (χ4v) is 1.56. The van der Waals surface area contributed by atoms with Crippen LogP contribution in [-0.4, -0.2) is 30.5 Å². The molecular formula is C13H21NO3. The zero-order valence-corrected chi connectivity index (χ0v) is 10.6. The largest absolute Gasteiger partial charge is 0.508 e. The molecule has 96 valence electrons. The Kier molecular flexibility index (Phi) is 5.25. The molecule has 0 saturated carbocycles. The Labute approximate surface area is 102 Å². The summed E-state index contributed by atoms with van der Waals surface area (Å²) >= 11 is 0. The highest BCUT2D eigenvalue weighted by Gasteiger charge is 2.12. The van der Waals surface area contributed by atoms with Crippen molar-refractivity contribution in [1.82, 2.24) is 5.32 Å². The summed E-state index contributed by atoms with van der Waals surface area (Å²) in [5.41, 5.74) is 0.800. The Balaban J connectivity index is 2.70. The van der Waals surface area contributed by atoms with Crippen LogP contribution in [0.5, 0.6) is 11.5 Å². The van der Waals surface area contributed by atoms with Crippen LogP contribution in [0.25, 0.3) is 0 Å². The molecule has 0 fully saturated rings. The van der Waals surface area contributed by atoms with E-state index in [4.69, 9.17) is 9.84 Å². The van der Waals surface area contributed by atoms with Crippen LogP contribution in [0.2, 0.25) is 0 Å². The van der Waals surface area contributed by atoms with E-state index in [0.717, 1.165) is 11.3 Å². The summed E-state index contributed by atoms with van der Waals surface area (Å²) in [6.07, 6.45) is 0. The predicted octanol–water partition coefficient (Wildman–Crippen LogP) is 1.68. The van der Waals surface area contributed by atoms with Gasteiger partial charge in [0.1, 0.15) is 11.5 Å². The van der Waals surface area contributed by atoms with Crippen LogP contribution in [0.4, 0.5) is 0 Å². The van der Waals surface area contributed by atoms with Gasteiger partial charge in [-0.15, -0.1) is 0 Å². The molecule has 0 heterocycles. The molecule has 0 aromatic heterocycles. The maximum absolute atomic E-state index is 9.78. The molecule has 0 aliphatic heterocycles. The molecule has 0 aliphatic rings. The van der Waals surface area contributed by atoms with Crippen LogP contribution >= 0.6 is 0 Å². The summed E-state index contributed by atoms with van der Waals surface area (Å²) in [5, 5.41) is 22.0. The monoisotopic (exact) mass is 239 g/mol. The summed E-state index contributed by atoms with van der Waals surface area (Å²) in [6.45, 7) is 4.79. The SMILES string of the molecule is COc1ccc(O)c(C(C)NCC(C)CO)c1. The maximum atomic E-state index is 9.78. The van der Waals surface area contributed by atoms with E-state index in [0.29, 0.717) is 6.54 Å². The van der Waals surface area contributed by atoms with E-state index in [-0.39, 0.29) is 24.3 Å².